The molecule has 0 radical (unpaired) electrons. The van der Waals surface area contributed by atoms with Crippen molar-refractivity contribution < 1.29 is 14.3 Å². The molecule has 0 amide bonds. The van der Waals surface area contributed by atoms with Crippen LogP contribution in [0.2, 0.25) is 0 Å². The number of benzene rings is 1. The lowest BCUT2D eigenvalue weighted by molar-refractivity contribution is -0.141. The van der Waals surface area contributed by atoms with Crippen molar-refractivity contribution >= 4 is 5.97 Å². The van der Waals surface area contributed by atoms with Crippen LogP contribution in [-0.4, -0.2) is 23.7 Å². The Morgan fingerprint density at radius 2 is 2.09 bits per heavy atom. The molecule has 4 nitrogen and oxygen atoms in total. The second kappa shape index (κ2) is 5.29. The Labute approximate surface area is 129 Å². The maximum absolute atomic E-state index is 11.9. The molecule has 0 spiro atoms. The third-order valence-electron chi connectivity index (χ3n) is 5.16. The lowest BCUT2D eigenvalue weighted by Gasteiger charge is -2.33. The van der Waals surface area contributed by atoms with Gasteiger partial charge in [-0.15, -0.1) is 0 Å². The Hall–Kier alpha value is -2.07. The second-order valence-electron chi connectivity index (χ2n) is 6.36. The molecule has 0 saturated carbocycles. The highest BCUT2D eigenvalue weighted by atomic mass is 16.4. The largest absolute Gasteiger partial charge is 0.481 e. The Kier molecular flexibility index (Phi) is 3.26. The average Bonchev–Trinajstić information content (AvgIpc) is 3.13. The van der Waals surface area contributed by atoms with Crippen LogP contribution in [0.5, 0.6) is 0 Å². The zero-order valence-electron chi connectivity index (χ0n) is 12.2. The molecule has 4 atom stereocenters. The van der Waals surface area contributed by atoms with E-state index in [9.17, 15) is 9.90 Å². The molecule has 2 heterocycles. The molecule has 1 aliphatic heterocycles. The van der Waals surface area contributed by atoms with Crippen LogP contribution in [0, 0.1) is 11.8 Å². The first-order valence-corrected chi connectivity index (χ1v) is 7.80. The van der Waals surface area contributed by atoms with E-state index in [0.29, 0.717) is 5.92 Å². The number of fused-ring (bicyclic) bond motifs is 2. The SMILES string of the molecule is O=C(O)[C@H]1c2ccoc2C[C@H]2CN[C@@H](Cc3ccccc3)[C@@H]21. The van der Waals surface area contributed by atoms with E-state index in [1.807, 2.05) is 24.3 Å². The molecule has 22 heavy (non-hydrogen) atoms. The van der Waals surface area contributed by atoms with Gasteiger partial charge < -0.3 is 14.8 Å². The summed E-state index contributed by atoms with van der Waals surface area (Å²) in [6, 6.07) is 12.3. The first-order chi connectivity index (χ1) is 10.7. The van der Waals surface area contributed by atoms with Crippen molar-refractivity contribution in [2.45, 2.75) is 24.8 Å². The van der Waals surface area contributed by atoms with Gasteiger partial charge in [0.05, 0.1) is 12.2 Å². The fraction of sp³-hybridized carbons (Fsp3) is 0.389. The van der Waals surface area contributed by atoms with Crippen LogP contribution in [0.15, 0.2) is 47.1 Å². The Balaban J connectivity index is 1.66. The minimum Gasteiger partial charge on any atom is -0.481 e. The summed E-state index contributed by atoms with van der Waals surface area (Å²) in [4.78, 5) is 11.9. The Morgan fingerprint density at radius 3 is 2.86 bits per heavy atom. The molecular formula is C18H19NO3. The quantitative estimate of drug-likeness (QED) is 0.913. The van der Waals surface area contributed by atoms with Crippen LogP contribution >= 0.6 is 0 Å². The number of aliphatic carboxylic acids is 1. The van der Waals surface area contributed by atoms with Crippen molar-refractivity contribution in [3.8, 4) is 0 Å². The van der Waals surface area contributed by atoms with Gasteiger partial charge in [-0.05, 0) is 36.4 Å². The van der Waals surface area contributed by atoms with Crippen LogP contribution in [-0.2, 0) is 17.6 Å². The third kappa shape index (κ3) is 2.15. The molecule has 0 bridgehead atoms. The predicted molar refractivity (Wildman–Crippen MR) is 81.7 cm³/mol. The van der Waals surface area contributed by atoms with Gasteiger partial charge in [0, 0.05) is 18.0 Å². The minimum atomic E-state index is -0.737. The Morgan fingerprint density at radius 1 is 1.27 bits per heavy atom. The highest BCUT2D eigenvalue weighted by Gasteiger charge is 2.49. The summed E-state index contributed by atoms with van der Waals surface area (Å²) in [6.07, 6.45) is 3.34. The molecule has 114 valence electrons. The minimum absolute atomic E-state index is 0.128. The first-order valence-electron chi connectivity index (χ1n) is 7.80. The molecule has 1 fully saturated rings. The molecule has 1 aliphatic carbocycles. The first kappa shape index (κ1) is 13.6. The highest BCUT2D eigenvalue weighted by Crippen LogP contribution is 2.45. The molecule has 4 rings (SSSR count). The van der Waals surface area contributed by atoms with Gasteiger partial charge in [0.25, 0.3) is 0 Å². The van der Waals surface area contributed by atoms with E-state index in [-0.39, 0.29) is 12.0 Å². The van der Waals surface area contributed by atoms with Gasteiger partial charge in [-0.1, -0.05) is 30.3 Å². The average molecular weight is 297 g/mol. The van der Waals surface area contributed by atoms with Gasteiger partial charge >= 0.3 is 5.97 Å². The van der Waals surface area contributed by atoms with E-state index in [0.717, 1.165) is 30.7 Å². The van der Waals surface area contributed by atoms with Crippen LogP contribution in [0.25, 0.3) is 0 Å². The Bertz CT molecular complexity index is 679. The van der Waals surface area contributed by atoms with Crippen molar-refractivity contribution in [2.75, 3.05) is 6.54 Å². The number of hydrogen-bond donors (Lipinski definition) is 2. The van der Waals surface area contributed by atoms with E-state index in [1.54, 1.807) is 6.26 Å². The zero-order valence-corrected chi connectivity index (χ0v) is 12.2. The van der Waals surface area contributed by atoms with Crippen LogP contribution in [0.3, 0.4) is 0 Å². The third-order valence-corrected chi connectivity index (χ3v) is 5.16. The summed E-state index contributed by atoms with van der Waals surface area (Å²) in [5.41, 5.74) is 2.12. The predicted octanol–water partition coefficient (Wildman–Crippen LogP) is 2.45. The van der Waals surface area contributed by atoms with Crippen molar-refractivity contribution in [1.29, 1.82) is 0 Å². The van der Waals surface area contributed by atoms with E-state index in [1.165, 1.54) is 5.56 Å². The molecule has 2 aromatic rings. The van der Waals surface area contributed by atoms with Gasteiger partial charge in [-0.3, -0.25) is 4.79 Å². The van der Waals surface area contributed by atoms with Gasteiger partial charge in [-0.2, -0.15) is 0 Å². The number of carboxylic acid groups (broad SMARTS) is 1. The number of nitrogens with one attached hydrogen (secondary N) is 1. The van der Waals surface area contributed by atoms with E-state index in [2.05, 4.69) is 17.4 Å². The zero-order chi connectivity index (χ0) is 15.1. The van der Waals surface area contributed by atoms with E-state index in [4.69, 9.17) is 4.42 Å². The number of hydrogen-bond acceptors (Lipinski definition) is 3. The lowest BCUT2D eigenvalue weighted by atomic mass is 9.69. The summed E-state index contributed by atoms with van der Waals surface area (Å²) >= 11 is 0. The monoisotopic (exact) mass is 297 g/mol. The standard InChI is InChI=1S/C18H19NO3/c20-18(21)17-13-6-7-22-15(13)9-12-10-19-14(16(12)17)8-11-4-2-1-3-5-11/h1-7,12,14,16-17,19H,8-10H2,(H,20,21)/t12-,14-,16+,17-/m0/s1. The van der Waals surface area contributed by atoms with E-state index >= 15 is 0 Å². The normalized spacial score (nSPS) is 29.8. The lowest BCUT2D eigenvalue weighted by Crippen LogP contribution is -2.39. The summed E-state index contributed by atoms with van der Waals surface area (Å²) in [5, 5.41) is 13.3. The highest BCUT2D eigenvalue weighted by molar-refractivity contribution is 5.77. The molecule has 1 aromatic heterocycles. The smallest absolute Gasteiger partial charge is 0.311 e. The molecule has 2 aliphatic rings. The maximum Gasteiger partial charge on any atom is 0.311 e. The number of rotatable bonds is 3. The summed E-state index contributed by atoms with van der Waals surface area (Å²) < 4.78 is 5.51. The summed E-state index contributed by atoms with van der Waals surface area (Å²) in [6.45, 7) is 0.867. The van der Waals surface area contributed by atoms with Crippen LogP contribution in [0.4, 0.5) is 0 Å². The summed E-state index contributed by atoms with van der Waals surface area (Å²) in [5.74, 6) is 0.127. The van der Waals surface area contributed by atoms with Gasteiger partial charge in [0.1, 0.15) is 5.76 Å². The van der Waals surface area contributed by atoms with Gasteiger partial charge in [-0.25, -0.2) is 0 Å². The second-order valence-corrected chi connectivity index (χ2v) is 6.36. The molecular weight excluding hydrogens is 278 g/mol. The number of carboxylic acids is 1. The molecule has 0 unspecified atom stereocenters. The van der Waals surface area contributed by atoms with Crippen molar-refractivity contribution in [1.82, 2.24) is 5.32 Å². The molecule has 1 saturated heterocycles. The van der Waals surface area contributed by atoms with Crippen LogP contribution < -0.4 is 5.32 Å². The van der Waals surface area contributed by atoms with Gasteiger partial charge in [0.2, 0.25) is 0 Å². The summed E-state index contributed by atoms with van der Waals surface area (Å²) in [7, 11) is 0. The van der Waals surface area contributed by atoms with E-state index < -0.39 is 11.9 Å². The van der Waals surface area contributed by atoms with Crippen molar-refractivity contribution in [3.63, 3.8) is 0 Å². The molecule has 2 N–H and O–H groups in total. The van der Waals surface area contributed by atoms with Gasteiger partial charge in [0.15, 0.2) is 0 Å². The van der Waals surface area contributed by atoms with Crippen molar-refractivity contribution in [2.24, 2.45) is 11.8 Å². The topological polar surface area (TPSA) is 62.5 Å². The fourth-order valence-electron chi connectivity index (χ4n) is 4.23. The fourth-order valence-corrected chi connectivity index (χ4v) is 4.23. The maximum atomic E-state index is 11.9. The van der Waals surface area contributed by atoms with Crippen molar-refractivity contribution in [3.05, 3.63) is 59.5 Å². The molecule has 1 aromatic carbocycles. The number of furan rings is 1. The molecule has 4 heteroatoms. The number of carbonyl (C=O) groups is 1. The van der Waals surface area contributed by atoms with Crippen LogP contribution in [0.1, 0.15) is 22.8 Å².